The molecule has 1 heterocycles. The lowest BCUT2D eigenvalue weighted by Crippen LogP contribution is -2.07. The van der Waals surface area contributed by atoms with Crippen LogP contribution in [-0.4, -0.2) is 23.2 Å². The van der Waals surface area contributed by atoms with Crippen LogP contribution in [0.2, 0.25) is 0 Å². The standard InChI is InChI=1S/C19H16N4O6S2/c1-12-10-18(21-14-6-2-4-8-16(14)30-29-28-24)23-19(13(12)11-20)22-15-7-3-5-9-17(15)31(25,26)27/h2-10,24H,1H3,(H2,21,22,23)(H,25,26,27). The minimum atomic E-state index is -4.49. The van der Waals surface area contributed by atoms with Crippen LogP contribution < -0.4 is 10.6 Å². The fourth-order valence-corrected chi connectivity index (χ4v) is 3.82. The third-order valence-corrected chi connectivity index (χ3v) is 5.63. The van der Waals surface area contributed by atoms with E-state index >= 15 is 0 Å². The minimum absolute atomic E-state index is 0.0648. The van der Waals surface area contributed by atoms with Crippen molar-refractivity contribution in [3.63, 3.8) is 0 Å². The van der Waals surface area contributed by atoms with Crippen molar-refractivity contribution in [2.75, 3.05) is 10.6 Å². The Balaban J connectivity index is 2.01. The third kappa shape index (κ3) is 5.50. The maximum Gasteiger partial charge on any atom is 0.296 e. The Morgan fingerprint density at radius 2 is 1.77 bits per heavy atom. The van der Waals surface area contributed by atoms with E-state index in [1.165, 1.54) is 18.2 Å². The number of anilines is 4. The number of nitrogens with zero attached hydrogens (tertiary/aromatic N) is 2. The molecule has 12 heteroatoms. The van der Waals surface area contributed by atoms with E-state index in [2.05, 4.69) is 25.0 Å². The lowest BCUT2D eigenvalue weighted by atomic mass is 10.1. The molecule has 0 unspecified atom stereocenters. The SMILES string of the molecule is Cc1cc(Nc2ccccc2SOOO)nc(Nc2ccccc2S(=O)(=O)O)c1C#N. The van der Waals surface area contributed by atoms with Gasteiger partial charge in [0.05, 0.1) is 33.9 Å². The maximum atomic E-state index is 11.7. The first-order chi connectivity index (χ1) is 14.8. The number of benzene rings is 2. The first kappa shape index (κ1) is 22.5. The lowest BCUT2D eigenvalue weighted by Gasteiger charge is -2.15. The zero-order valence-corrected chi connectivity index (χ0v) is 17.6. The summed E-state index contributed by atoms with van der Waals surface area (Å²) >= 11 is 0.765. The molecule has 0 amide bonds. The Morgan fingerprint density at radius 1 is 1.10 bits per heavy atom. The molecule has 0 spiro atoms. The Kier molecular flexibility index (Phi) is 7.08. The quantitative estimate of drug-likeness (QED) is 0.163. The van der Waals surface area contributed by atoms with Crippen molar-refractivity contribution in [3.05, 3.63) is 65.7 Å². The second-order valence-electron chi connectivity index (χ2n) is 6.10. The van der Waals surface area contributed by atoms with Gasteiger partial charge in [-0.3, -0.25) is 4.55 Å². The molecule has 0 radical (unpaired) electrons. The fourth-order valence-electron chi connectivity index (χ4n) is 2.72. The summed E-state index contributed by atoms with van der Waals surface area (Å²) in [5.41, 5.74) is 1.42. The molecule has 1 aromatic heterocycles. The molecule has 0 aliphatic carbocycles. The molecule has 4 N–H and O–H groups in total. The predicted molar refractivity (Wildman–Crippen MR) is 114 cm³/mol. The number of para-hydroxylation sites is 2. The highest BCUT2D eigenvalue weighted by molar-refractivity contribution is 7.94. The van der Waals surface area contributed by atoms with Gasteiger partial charge in [0, 0.05) is 0 Å². The first-order valence-corrected chi connectivity index (χ1v) is 10.8. The van der Waals surface area contributed by atoms with Gasteiger partial charge in [-0.05, 0) is 42.8 Å². The Labute approximate surface area is 182 Å². The van der Waals surface area contributed by atoms with Crippen molar-refractivity contribution < 1.29 is 27.6 Å². The maximum absolute atomic E-state index is 11.7. The van der Waals surface area contributed by atoms with Crippen LogP contribution in [0.3, 0.4) is 0 Å². The number of nitrogens with one attached hydrogen (secondary N) is 2. The molecule has 0 saturated carbocycles. The largest absolute Gasteiger partial charge is 0.339 e. The molecule has 0 aliphatic rings. The van der Waals surface area contributed by atoms with Crippen LogP contribution in [0.25, 0.3) is 0 Å². The average molecular weight is 460 g/mol. The van der Waals surface area contributed by atoms with Crippen LogP contribution in [-0.2, 0) is 19.5 Å². The van der Waals surface area contributed by atoms with E-state index in [-0.39, 0.29) is 22.0 Å². The summed E-state index contributed by atoms with van der Waals surface area (Å²) < 4.78 is 37.3. The highest BCUT2D eigenvalue weighted by Crippen LogP contribution is 2.32. The number of aromatic nitrogens is 1. The normalized spacial score (nSPS) is 11.0. The van der Waals surface area contributed by atoms with Gasteiger partial charge in [-0.1, -0.05) is 29.3 Å². The van der Waals surface area contributed by atoms with E-state index in [4.69, 9.17) is 5.26 Å². The van der Waals surface area contributed by atoms with Crippen LogP contribution in [0.1, 0.15) is 11.1 Å². The molecule has 3 rings (SSSR count). The number of hydrogen-bond acceptors (Lipinski definition) is 10. The van der Waals surface area contributed by atoms with Crippen molar-refractivity contribution >= 4 is 45.2 Å². The number of rotatable bonds is 8. The van der Waals surface area contributed by atoms with Gasteiger partial charge < -0.3 is 10.6 Å². The van der Waals surface area contributed by atoms with Crippen molar-refractivity contribution in [1.82, 2.24) is 4.98 Å². The van der Waals surface area contributed by atoms with Gasteiger partial charge in [-0.15, -0.1) is 4.33 Å². The van der Waals surface area contributed by atoms with Crippen LogP contribution in [0.4, 0.5) is 23.0 Å². The predicted octanol–water partition coefficient (Wildman–Crippen LogP) is 4.42. The van der Waals surface area contributed by atoms with Crippen molar-refractivity contribution in [1.29, 1.82) is 5.26 Å². The van der Waals surface area contributed by atoms with Crippen LogP contribution in [0.5, 0.6) is 0 Å². The van der Waals surface area contributed by atoms with E-state index in [0.717, 1.165) is 12.0 Å². The average Bonchev–Trinajstić information content (AvgIpc) is 2.73. The molecule has 0 bridgehead atoms. The molecule has 10 nitrogen and oxygen atoms in total. The van der Waals surface area contributed by atoms with Gasteiger partial charge in [0.15, 0.2) is 5.82 Å². The zero-order valence-electron chi connectivity index (χ0n) is 15.9. The van der Waals surface area contributed by atoms with Crippen molar-refractivity contribution in [2.45, 2.75) is 16.7 Å². The smallest absolute Gasteiger partial charge is 0.296 e. The number of nitriles is 1. The monoisotopic (exact) mass is 460 g/mol. The highest BCUT2D eigenvalue weighted by Gasteiger charge is 2.18. The molecule has 0 aliphatic heterocycles. The summed E-state index contributed by atoms with van der Waals surface area (Å²) in [7, 11) is -4.49. The molecule has 0 fully saturated rings. The Hall–Kier alpha value is -3.18. The topological polar surface area (TPSA) is 154 Å². The molecular formula is C19H16N4O6S2. The van der Waals surface area contributed by atoms with Crippen LogP contribution in [0, 0.1) is 18.3 Å². The number of aryl methyl sites for hydroxylation is 1. The van der Waals surface area contributed by atoms with Crippen LogP contribution in [0.15, 0.2) is 64.4 Å². The van der Waals surface area contributed by atoms with Crippen molar-refractivity contribution in [3.8, 4) is 6.07 Å². The Bertz CT molecular complexity index is 1240. The van der Waals surface area contributed by atoms with Crippen LogP contribution >= 0.6 is 12.0 Å². The summed E-state index contributed by atoms with van der Waals surface area (Å²) in [6.07, 6.45) is 0. The molecule has 160 valence electrons. The van der Waals surface area contributed by atoms with Gasteiger partial charge in [0.2, 0.25) is 0 Å². The van der Waals surface area contributed by atoms with Gasteiger partial charge in [0.1, 0.15) is 16.8 Å². The number of pyridine rings is 1. The van der Waals surface area contributed by atoms with E-state index < -0.39 is 10.1 Å². The second-order valence-corrected chi connectivity index (χ2v) is 8.24. The Morgan fingerprint density at radius 3 is 2.45 bits per heavy atom. The molecule has 2 aromatic carbocycles. The first-order valence-electron chi connectivity index (χ1n) is 8.59. The molecular weight excluding hydrogens is 444 g/mol. The van der Waals surface area contributed by atoms with E-state index in [1.807, 2.05) is 6.07 Å². The molecule has 0 saturated heterocycles. The summed E-state index contributed by atoms with van der Waals surface area (Å²) in [4.78, 5) is 4.62. The second kappa shape index (κ2) is 9.75. The van der Waals surface area contributed by atoms with Gasteiger partial charge in [-0.25, -0.2) is 10.2 Å². The highest BCUT2D eigenvalue weighted by atomic mass is 32.2. The van der Waals surface area contributed by atoms with E-state index in [0.29, 0.717) is 22.0 Å². The lowest BCUT2D eigenvalue weighted by molar-refractivity contribution is -0.432. The zero-order chi connectivity index (χ0) is 22.4. The third-order valence-electron chi connectivity index (χ3n) is 4.05. The van der Waals surface area contributed by atoms with Gasteiger partial charge in [0.25, 0.3) is 10.1 Å². The van der Waals surface area contributed by atoms with Gasteiger partial charge >= 0.3 is 0 Å². The summed E-state index contributed by atoms with van der Waals surface area (Å²) in [5, 5.41) is 27.5. The summed E-state index contributed by atoms with van der Waals surface area (Å²) in [6.45, 7) is 1.70. The van der Waals surface area contributed by atoms with E-state index in [9.17, 15) is 18.2 Å². The van der Waals surface area contributed by atoms with Crippen molar-refractivity contribution in [2.24, 2.45) is 0 Å². The molecule has 3 aromatic rings. The molecule has 0 atom stereocenters. The molecule has 31 heavy (non-hydrogen) atoms. The summed E-state index contributed by atoms with van der Waals surface area (Å²) in [6, 6.07) is 16.4. The summed E-state index contributed by atoms with van der Waals surface area (Å²) in [5.74, 6) is 0.447. The number of hydrogen-bond donors (Lipinski definition) is 4. The fraction of sp³-hybridized carbons (Fsp3) is 0.0526. The van der Waals surface area contributed by atoms with E-state index in [1.54, 1.807) is 43.3 Å². The van der Waals surface area contributed by atoms with Gasteiger partial charge in [-0.2, -0.15) is 13.7 Å². The minimum Gasteiger partial charge on any atom is -0.339 e.